The molecule has 0 saturated heterocycles. The largest absolute Gasteiger partial charge is 0.347 e. The third-order valence-corrected chi connectivity index (χ3v) is 6.00. The van der Waals surface area contributed by atoms with Crippen LogP contribution in [0.2, 0.25) is 0 Å². The lowest BCUT2D eigenvalue weighted by molar-refractivity contribution is -0.0167. The molecule has 0 spiro atoms. The predicted octanol–water partition coefficient (Wildman–Crippen LogP) is 3.24. The minimum Gasteiger partial charge on any atom is -0.347 e. The van der Waals surface area contributed by atoms with Crippen LogP contribution in [0.3, 0.4) is 0 Å². The summed E-state index contributed by atoms with van der Waals surface area (Å²) in [6.45, 7) is 0. The molecule has 5 rings (SSSR count). The van der Waals surface area contributed by atoms with E-state index in [-0.39, 0.29) is 11.4 Å². The van der Waals surface area contributed by atoms with Gasteiger partial charge in [-0.25, -0.2) is 0 Å². The summed E-state index contributed by atoms with van der Waals surface area (Å²) in [6, 6.07) is 4.03. The molecule has 4 heteroatoms. The lowest BCUT2D eigenvalue weighted by Gasteiger charge is -2.56. The van der Waals surface area contributed by atoms with Crippen LogP contribution < -0.4 is 5.32 Å². The monoisotopic (exact) mass is 309 g/mol. The van der Waals surface area contributed by atoms with Crippen molar-refractivity contribution in [3.63, 3.8) is 0 Å². The highest BCUT2D eigenvalue weighted by Crippen LogP contribution is 2.55. The fourth-order valence-corrected chi connectivity index (χ4v) is 5.53. The number of nitriles is 1. The Balaban J connectivity index is 1.49. The van der Waals surface area contributed by atoms with Gasteiger partial charge in [0.25, 0.3) is 5.91 Å². The van der Waals surface area contributed by atoms with Gasteiger partial charge in [0.05, 0.1) is 11.6 Å². The zero-order valence-corrected chi connectivity index (χ0v) is 13.4. The zero-order chi connectivity index (χ0) is 15.9. The molecular formula is C19H23N3O. The van der Waals surface area contributed by atoms with Crippen LogP contribution in [0.4, 0.5) is 0 Å². The van der Waals surface area contributed by atoms with E-state index in [1.807, 2.05) is 6.07 Å². The molecule has 1 N–H and O–H groups in total. The zero-order valence-electron chi connectivity index (χ0n) is 13.4. The standard InChI is InChI=1S/C19H23N3O/c20-3-1-2-13-7-17(12-21-11-13)18(23)22-19-8-14-4-15(9-19)6-16(5-14)10-19/h7,11-12,14-16H,1-2,4-6,8-10H2,(H,22,23). The first kappa shape index (κ1) is 14.7. The number of hydrogen-bond acceptors (Lipinski definition) is 3. The fourth-order valence-electron chi connectivity index (χ4n) is 5.53. The number of hydrogen-bond donors (Lipinski definition) is 1. The number of amides is 1. The van der Waals surface area contributed by atoms with Crippen molar-refractivity contribution >= 4 is 5.91 Å². The molecule has 23 heavy (non-hydrogen) atoms. The van der Waals surface area contributed by atoms with E-state index < -0.39 is 0 Å². The summed E-state index contributed by atoms with van der Waals surface area (Å²) in [5.41, 5.74) is 1.63. The maximum atomic E-state index is 12.7. The van der Waals surface area contributed by atoms with Gasteiger partial charge in [-0.3, -0.25) is 9.78 Å². The van der Waals surface area contributed by atoms with E-state index in [0.717, 1.165) is 42.6 Å². The van der Waals surface area contributed by atoms with Gasteiger partial charge in [-0.05, 0) is 74.3 Å². The van der Waals surface area contributed by atoms with Gasteiger partial charge in [0.15, 0.2) is 0 Å². The van der Waals surface area contributed by atoms with Crippen molar-refractivity contribution in [1.29, 1.82) is 5.26 Å². The molecule has 4 aliphatic rings. The average molecular weight is 309 g/mol. The summed E-state index contributed by atoms with van der Waals surface area (Å²) >= 11 is 0. The van der Waals surface area contributed by atoms with E-state index in [1.54, 1.807) is 12.4 Å². The second kappa shape index (κ2) is 5.63. The highest BCUT2D eigenvalue weighted by molar-refractivity contribution is 5.94. The number of carbonyl (C=O) groups excluding carboxylic acids is 1. The minimum atomic E-state index is 0.0123. The Bertz CT molecular complexity index is 626. The summed E-state index contributed by atoms with van der Waals surface area (Å²) in [4.78, 5) is 16.9. The van der Waals surface area contributed by atoms with Crippen LogP contribution in [0, 0.1) is 29.1 Å². The van der Waals surface area contributed by atoms with Gasteiger partial charge in [-0.1, -0.05) is 0 Å². The van der Waals surface area contributed by atoms with Gasteiger partial charge in [0, 0.05) is 24.4 Å². The third-order valence-electron chi connectivity index (χ3n) is 6.00. The van der Waals surface area contributed by atoms with E-state index in [2.05, 4.69) is 16.4 Å². The fraction of sp³-hybridized carbons (Fsp3) is 0.632. The molecule has 0 unspecified atom stereocenters. The Kier molecular flexibility index (Phi) is 3.60. The molecule has 0 aliphatic heterocycles. The smallest absolute Gasteiger partial charge is 0.253 e. The lowest BCUT2D eigenvalue weighted by atomic mass is 9.53. The molecular weight excluding hydrogens is 286 g/mol. The van der Waals surface area contributed by atoms with Crippen LogP contribution in [-0.2, 0) is 6.42 Å². The maximum Gasteiger partial charge on any atom is 0.253 e. The van der Waals surface area contributed by atoms with Crippen molar-refractivity contribution in [1.82, 2.24) is 10.3 Å². The van der Waals surface area contributed by atoms with Gasteiger partial charge < -0.3 is 5.32 Å². The predicted molar refractivity (Wildman–Crippen MR) is 86.5 cm³/mol. The summed E-state index contributed by atoms with van der Waals surface area (Å²) in [5, 5.41) is 12.1. The Morgan fingerprint density at radius 2 is 1.87 bits per heavy atom. The van der Waals surface area contributed by atoms with E-state index in [9.17, 15) is 4.79 Å². The molecule has 4 fully saturated rings. The number of aromatic nitrogens is 1. The molecule has 1 aromatic rings. The Hall–Kier alpha value is -1.89. The van der Waals surface area contributed by atoms with Crippen molar-refractivity contribution in [2.75, 3.05) is 0 Å². The number of aryl methyl sites for hydroxylation is 1. The van der Waals surface area contributed by atoms with Crippen molar-refractivity contribution < 1.29 is 4.79 Å². The molecule has 0 atom stereocenters. The van der Waals surface area contributed by atoms with Crippen LogP contribution in [0.1, 0.15) is 60.9 Å². The minimum absolute atomic E-state index is 0.0123. The lowest BCUT2D eigenvalue weighted by Crippen LogP contribution is -2.59. The first-order valence-corrected chi connectivity index (χ1v) is 8.79. The van der Waals surface area contributed by atoms with Gasteiger partial charge in [0.1, 0.15) is 0 Å². The van der Waals surface area contributed by atoms with E-state index in [4.69, 9.17) is 5.26 Å². The molecule has 0 radical (unpaired) electrons. The molecule has 1 heterocycles. The summed E-state index contributed by atoms with van der Waals surface area (Å²) in [6.07, 6.45) is 12.1. The highest BCUT2D eigenvalue weighted by atomic mass is 16.1. The number of pyridine rings is 1. The van der Waals surface area contributed by atoms with E-state index in [0.29, 0.717) is 18.4 Å². The third kappa shape index (κ3) is 2.85. The number of nitrogens with one attached hydrogen (secondary N) is 1. The molecule has 1 amide bonds. The maximum absolute atomic E-state index is 12.7. The van der Waals surface area contributed by atoms with Crippen molar-refractivity contribution in [3.8, 4) is 6.07 Å². The van der Waals surface area contributed by atoms with Gasteiger partial charge in [-0.2, -0.15) is 5.26 Å². The van der Waals surface area contributed by atoms with Gasteiger partial charge in [-0.15, -0.1) is 0 Å². The van der Waals surface area contributed by atoms with Gasteiger partial charge in [0.2, 0.25) is 0 Å². The second-order valence-corrected chi connectivity index (χ2v) is 7.89. The van der Waals surface area contributed by atoms with Crippen molar-refractivity contribution in [2.45, 2.75) is 56.9 Å². The number of rotatable bonds is 4. The molecule has 120 valence electrons. The SMILES string of the molecule is N#CCCc1cncc(C(=O)NC23CC4CC(CC(C4)C2)C3)c1. The number of nitrogens with zero attached hydrogens (tertiary/aromatic N) is 2. The average Bonchev–Trinajstić information content (AvgIpc) is 2.51. The van der Waals surface area contributed by atoms with Crippen molar-refractivity contribution in [2.24, 2.45) is 17.8 Å². The van der Waals surface area contributed by atoms with E-state index in [1.165, 1.54) is 19.3 Å². The first-order valence-electron chi connectivity index (χ1n) is 8.79. The quantitative estimate of drug-likeness (QED) is 0.928. The molecule has 1 aromatic heterocycles. The molecule has 4 saturated carbocycles. The van der Waals surface area contributed by atoms with Crippen LogP contribution in [-0.4, -0.2) is 16.4 Å². The van der Waals surface area contributed by atoms with Crippen LogP contribution in [0.15, 0.2) is 18.5 Å². The highest BCUT2D eigenvalue weighted by Gasteiger charge is 2.51. The first-order chi connectivity index (χ1) is 11.2. The summed E-state index contributed by atoms with van der Waals surface area (Å²) < 4.78 is 0. The van der Waals surface area contributed by atoms with Crippen LogP contribution >= 0.6 is 0 Å². The second-order valence-electron chi connectivity index (χ2n) is 7.89. The Morgan fingerprint density at radius 1 is 1.22 bits per heavy atom. The molecule has 4 nitrogen and oxygen atoms in total. The molecule has 4 bridgehead atoms. The van der Waals surface area contributed by atoms with Crippen LogP contribution in [0.25, 0.3) is 0 Å². The molecule has 0 aromatic carbocycles. The topological polar surface area (TPSA) is 65.8 Å². The Labute approximate surface area is 137 Å². The normalized spacial score (nSPS) is 34.1. The van der Waals surface area contributed by atoms with Gasteiger partial charge >= 0.3 is 0 Å². The summed E-state index contributed by atoms with van der Waals surface area (Å²) in [7, 11) is 0. The molecule has 4 aliphatic carbocycles. The summed E-state index contributed by atoms with van der Waals surface area (Å²) in [5.74, 6) is 2.48. The Morgan fingerprint density at radius 3 is 2.48 bits per heavy atom. The van der Waals surface area contributed by atoms with E-state index >= 15 is 0 Å². The van der Waals surface area contributed by atoms with Crippen LogP contribution in [0.5, 0.6) is 0 Å². The van der Waals surface area contributed by atoms with Crippen molar-refractivity contribution in [3.05, 3.63) is 29.6 Å². The number of carbonyl (C=O) groups is 1.